The number of thiophene rings is 1. The second kappa shape index (κ2) is 11.7. The van der Waals surface area contributed by atoms with Gasteiger partial charge in [0, 0.05) is 81.0 Å². The van der Waals surface area contributed by atoms with Crippen molar-refractivity contribution in [3.8, 4) is 16.8 Å². The Labute approximate surface area is 344 Å². The van der Waals surface area contributed by atoms with Gasteiger partial charge in [-0.2, -0.15) is 0 Å². The van der Waals surface area contributed by atoms with Gasteiger partial charge in [-0.05, 0) is 95.2 Å². The number of aryl methyl sites for hydroxylation is 1. The van der Waals surface area contributed by atoms with Gasteiger partial charge < -0.3 is 18.7 Å². The number of hydrogen-bond donors (Lipinski definition) is 1. The lowest BCUT2D eigenvalue weighted by atomic mass is 9.58. The van der Waals surface area contributed by atoms with Gasteiger partial charge in [0.05, 0.1) is 11.2 Å². The maximum atomic E-state index is 6.54. The maximum Gasteiger partial charge on any atom is 0.198 e. The van der Waals surface area contributed by atoms with E-state index in [2.05, 4.69) is 171 Å². The smallest absolute Gasteiger partial charge is 0.198 e. The monoisotopic (exact) mass is 776 g/mol. The SMILES string of the molecule is Cc1cc(-c2cc3c(cc2Nc2ccc(C(C)(C)C)cc2)oc2ccccc23)c2c3c1c1cc4oc5ccccc5c4cc1n3-c1cc3c(cc1B2)sc1ccccc13. The van der Waals surface area contributed by atoms with Crippen LogP contribution in [0.2, 0.25) is 0 Å². The minimum absolute atomic E-state index is 0.0678. The number of hydrogen-bond acceptors (Lipinski definition) is 4. The zero-order valence-electron chi connectivity index (χ0n) is 33.2. The minimum atomic E-state index is 0.0678. The summed E-state index contributed by atoms with van der Waals surface area (Å²) in [6.45, 7) is 9.06. The fourth-order valence-corrected chi connectivity index (χ4v) is 11.2. The van der Waals surface area contributed by atoms with Crippen molar-refractivity contribution in [3.05, 3.63) is 151 Å². The average molecular weight is 777 g/mol. The second-order valence-corrected chi connectivity index (χ2v) is 18.5. The Morgan fingerprint density at radius 1 is 0.576 bits per heavy atom. The predicted molar refractivity (Wildman–Crippen MR) is 253 cm³/mol. The lowest BCUT2D eigenvalue weighted by molar-refractivity contribution is 0.590. The van der Waals surface area contributed by atoms with Crippen LogP contribution in [0.25, 0.3) is 103 Å². The van der Waals surface area contributed by atoms with Crippen molar-refractivity contribution in [3.63, 3.8) is 0 Å². The summed E-state index contributed by atoms with van der Waals surface area (Å²) in [5, 5.41) is 13.5. The first-order valence-electron chi connectivity index (χ1n) is 20.4. The van der Waals surface area contributed by atoms with Gasteiger partial charge in [0.2, 0.25) is 0 Å². The van der Waals surface area contributed by atoms with Gasteiger partial charge in [-0.15, -0.1) is 11.3 Å². The molecule has 6 heteroatoms. The van der Waals surface area contributed by atoms with E-state index < -0.39 is 0 Å². The van der Waals surface area contributed by atoms with Gasteiger partial charge in [-0.3, -0.25) is 0 Å². The molecule has 5 heterocycles. The Morgan fingerprint density at radius 2 is 1.25 bits per heavy atom. The van der Waals surface area contributed by atoms with Gasteiger partial charge in [0.15, 0.2) is 7.28 Å². The number of fused-ring (bicyclic) bond motifs is 14. The lowest BCUT2D eigenvalue weighted by Gasteiger charge is -2.25. The van der Waals surface area contributed by atoms with Gasteiger partial charge in [-0.25, -0.2) is 0 Å². The van der Waals surface area contributed by atoms with Crippen LogP contribution >= 0.6 is 11.3 Å². The van der Waals surface area contributed by atoms with Crippen LogP contribution in [-0.4, -0.2) is 11.8 Å². The summed E-state index contributed by atoms with van der Waals surface area (Å²) in [5.74, 6) is 0. The summed E-state index contributed by atoms with van der Waals surface area (Å²) >= 11 is 1.89. The predicted octanol–water partition coefficient (Wildman–Crippen LogP) is 13.7. The standard InChI is InChI=1S/C53H37BN2O2S/c1-28-21-38(34-22-35-31-11-5-8-14-44(31)58-47(35)27-41(34)55-30-19-17-29(18-20-30)53(2,3)4)51-52-50(28)39-25-46-36(32-12-6-9-15-45(32)57-46)23-42(39)56(52)43-24-37-33-13-7-10-16-48(33)59-49(37)26-40(43)54-51/h5-27,54-55H,1-4H3. The number of rotatable bonds is 3. The quantitative estimate of drug-likeness (QED) is 0.182. The Morgan fingerprint density at radius 3 is 2.00 bits per heavy atom. The first-order chi connectivity index (χ1) is 28.7. The highest BCUT2D eigenvalue weighted by Crippen LogP contribution is 2.45. The van der Waals surface area contributed by atoms with E-state index in [1.165, 1.54) is 75.3 Å². The zero-order chi connectivity index (χ0) is 39.3. The number of nitrogens with one attached hydrogen (secondary N) is 1. The highest BCUT2D eigenvalue weighted by atomic mass is 32.1. The van der Waals surface area contributed by atoms with Crippen LogP contribution in [0, 0.1) is 6.92 Å². The molecule has 59 heavy (non-hydrogen) atoms. The molecule has 0 saturated heterocycles. The first-order valence-corrected chi connectivity index (χ1v) is 21.3. The molecular formula is C53H37BN2O2S. The molecule has 1 aliphatic rings. The van der Waals surface area contributed by atoms with E-state index in [4.69, 9.17) is 8.83 Å². The van der Waals surface area contributed by atoms with E-state index in [0.29, 0.717) is 0 Å². The highest BCUT2D eigenvalue weighted by molar-refractivity contribution is 7.26. The van der Waals surface area contributed by atoms with Crippen LogP contribution < -0.4 is 16.2 Å². The van der Waals surface area contributed by atoms with Crippen molar-refractivity contribution in [1.29, 1.82) is 0 Å². The molecule has 8 aromatic carbocycles. The number of benzene rings is 8. The Bertz CT molecular complexity index is 3780. The third-order valence-corrected chi connectivity index (χ3v) is 14.0. The summed E-state index contributed by atoms with van der Waals surface area (Å²) in [5.41, 5.74) is 17.1. The normalized spacial score (nSPS) is 12.9. The summed E-state index contributed by atoms with van der Waals surface area (Å²) in [7, 11) is 0.810. The van der Waals surface area contributed by atoms with E-state index in [1.807, 2.05) is 17.4 Å². The van der Waals surface area contributed by atoms with Gasteiger partial charge in [-0.1, -0.05) is 99.0 Å². The molecule has 12 aromatic rings. The Hall–Kier alpha value is -6.76. The summed E-state index contributed by atoms with van der Waals surface area (Å²) in [6, 6.07) is 51.1. The van der Waals surface area contributed by atoms with Crippen LogP contribution in [0.4, 0.5) is 11.4 Å². The van der Waals surface area contributed by atoms with Crippen LogP contribution in [0.15, 0.2) is 148 Å². The van der Waals surface area contributed by atoms with E-state index >= 15 is 0 Å². The van der Waals surface area contributed by atoms with Gasteiger partial charge in [0.25, 0.3) is 0 Å². The van der Waals surface area contributed by atoms with E-state index in [-0.39, 0.29) is 5.41 Å². The number of nitrogens with zero attached hydrogens (tertiary/aromatic N) is 1. The molecule has 0 radical (unpaired) electrons. The molecule has 0 bridgehead atoms. The van der Waals surface area contributed by atoms with Crippen molar-refractivity contribution < 1.29 is 8.83 Å². The van der Waals surface area contributed by atoms with Crippen molar-refractivity contribution >= 4 is 127 Å². The fourth-order valence-electron chi connectivity index (χ4n) is 10.0. The number of para-hydroxylation sites is 2. The largest absolute Gasteiger partial charge is 0.456 e. The fraction of sp³-hybridized carbons (Fsp3) is 0.0943. The molecule has 0 unspecified atom stereocenters. The highest BCUT2D eigenvalue weighted by Gasteiger charge is 2.30. The summed E-state index contributed by atoms with van der Waals surface area (Å²) in [6.07, 6.45) is 0. The molecular weight excluding hydrogens is 739 g/mol. The molecule has 0 aliphatic carbocycles. The molecule has 13 rings (SSSR count). The molecule has 4 nitrogen and oxygen atoms in total. The summed E-state index contributed by atoms with van der Waals surface area (Å²) in [4.78, 5) is 0. The molecule has 0 spiro atoms. The van der Waals surface area contributed by atoms with E-state index in [0.717, 1.165) is 68.1 Å². The van der Waals surface area contributed by atoms with Crippen LogP contribution in [-0.2, 0) is 5.41 Å². The van der Waals surface area contributed by atoms with E-state index in [9.17, 15) is 0 Å². The van der Waals surface area contributed by atoms with Gasteiger partial charge >= 0.3 is 0 Å². The van der Waals surface area contributed by atoms with Crippen molar-refractivity contribution in [2.24, 2.45) is 0 Å². The lowest BCUT2D eigenvalue weighted by Crippen LogP contribution is -2.37. The first kappa shape index (κ1) is 33.2. The maximum absolute atomic E-state index is 6.54. The molecule has 0 fully saturated rings. The van der Waals surface area contributed by atoms with Crippen LogP contribution in [0.5, 0.6) is 0 Å². The Balaban J connectivity index is 1.13. The molecule has 280 valence electrons. The molecule has 1 N–H and O–H groups in total. The third kappa shape index (κ3) is 4.72. The minimum Gasteiger partial charge on any atom is -0.456 e. The molecule has 0 atom stereocenters. The summed E-state index contributed by atoms with van der Waals surface area (Å²) < 4.78 is 18.3. The molecule has 0 amide bonds. The van der Waals surface area contributed by atoms with Crippen molar-refractivity contribution in [2.45, 2.75) is 33.1 Å². The second-order valence-electron chi connectivity index (χ2n) is 17.4. The number of anilines is 2. The molecule has 4 aromatic heterocycles. The van der Waals surface area contributed by atoms with Gasteiger partial charge in [0.1, 0.15) is 22.3 Å². The van der Waals surface area contributed by atoms with Crippen molar-refractivity contribution in [2.75, 3.05) is 5.32 Å². The molecule has 0 saturated carbocycles. The third-order valence-electron chi connectivity index (χ3n) is 12.9. The van der Waals surface area contributed by atoms with E-state index in [1.54, 1.807) is 0 Å². The Kier molecular flexibility index (Phi) is 6.58. The van der Waals surface area contributed by atoms with Crippen LogP contribution in [0.3, 0.4) is 0 Å². The van der Waals surface area contributed by atoms with Crippen molar-refractivity contribution in [1.82, 2.24) is 4.57 Å². The number of furan rings is 2. The number of aromatic nitrogens is 1. The average Bonchev–Trinajstić information content (AvgIpc) is 3.99. The molecule has 1 aliphatic heterocycles. The zero-order valence-corrected chi connectivity index (χ0v) is 34.0. The topological polar surface area (TPSA) is 43.2 Å². The van der Waals surface area contributed by atoms with Crippen LogP contribution in [0.1, 0.15) is 31.9 Å².